The van der Waals surface area contributed by atoms with Crippen molar-refractivity contribution in [2.75, 3.05) is 33.7 Å². The summed E-state index contributed by atoms with van der Waals surface area (Å²) in [7, 11) is 3.66. The van der Waals surface area contributed by atoms with Crippen LogP contribution in [0.25, 0.3) is 6.08 Å². The molecule has 0 spiro atoms. The van der Waals surface area contributed by atoms with E-state index in [0.717, 1.165) is 19.6 Å². The first-order valence-corrected chi connectivity index (χ1v) is 9.94. The zero-order valence-corrected chi connectivity index (χ0v) is 16.4. The maximum absolute atomic E-state index is 11.7. The van der Waals surface area contributed by atoms with Gasteiger partial charge >= 0.3 is 0 Å². The first-order chi connectivity index (χ1) is 12.5. The highest BCUT2D eigenvalue weighted by molar-refractivity contribution is 5.75. The van der Waals surface area contributed by atoms with Crippen LogP contribution in [0, 0.1) is 5.92 Å². The van der Waals surface area contributed by atoms with Crippen molar-refractivity contribution in [3.63, 3.8) is 0 Å². The molecule has 1 aromatic rings. The van der Waals surface area contributed by atoms with E-state index in [1.54, 1.807) is 4.90 Å². The fraction of sp³-hybridized carbons (Fsp3) is 0.591. The summed E-state index contributed by atoms with van der Waals surface area (Å²) in [5, 5.41) is 3.87. The van der Waals surface area contributed by atoms with Crippen LogP contribution in [-0.2, 0) is 4.79 Å². The monoisotopic (exact) mass is 355 g/mol. The highest BCUT2D eigenvalue weighted by Gasteiger charge is 2.39. The van der Waals surface area contributed by atoms with Gasteiger partial charge in [0.2, 0.25) is 5.91 Å². The maximum atomic E-state index is 11.7. The molecule has 2 aliphatic rings. The van der Waals surface area contributed by atoms with Crippen molar-refractivity contribution in [3.8, 4) is 0 Å². The van der Waals surface area contributed by atoms with Gasteiger partial charge in [-0.05, 0) is 50.8 Å². The number of hydrogen-bond acceptors (Lipinski definition) is 3. The highest BCUT2D eigenvalue weighted by Crippen LogP contribution is 2.38. The molecule has 0 bridgehead atoms. The van der Waals surface area contributed by atoms with Gasteiger partial charge in [0.1, 0.15) is 0 Å². The summed E-state index contributed by atoms with van der Waals surface area (Å²) in [6.45, 7) is 5.38. The molecule has 4 nitrogen and oxygen atoms in total. The van der Waals surface area contributed by atoms with E-state index in [0.29, 0.717) is 24.4 Å². The van der Waals surface area contributed by atoms with E-state index in [1.807, 2.05) is 14.1 Å². The number of amides is 1. The lowest BCUT2D eigenvalue weighted by atomic mass is 10.0. The largest absolute Gasteiger partial charge is 0.349 e. The van der Waals surface area contributed by atoms with Crippen LogP contribution >= 0.6 is 0 Å². The number of likely N-dealkylation sites (tertiary alicyclic amines) is 1. The Balaban J connectivity index is 1.37. The van der Waals surface area contributed by atoms with Gasteiger partial charge in [0.05, 0.1) is 0 Å². The normalized spacial score (nSPS) is 24.5. The molecule has 1 aromatic carbocycles. The third kappa shape index (κ3) is 5.42. The van der Waals surface area contributed by atoms with Crippen LogP contribution in [0.4, 0.5) is 0 Å². The summed E-state index contributed by atoms with van der Waals surface area (Å²) < 4.78 is 0. The Morgan fingerprint density at radius 2 is 1.92 bits per heavy atom. The van der Waals surface area contributed by atoms with Crippen molar-refractivity contribution < 1.29 is 4.79 Å². The lowest BCUT2D eigenvalue weighted by molar-refractivity contribution is -0.129. The Labute approximate surface area is 158 Å². The molecule has 1 heterocycles. The Kier molecular flexibility index (Phi) is 6.49. The highest BCUT2D eigenvalue weighted by atomic mass is 16.2. The average Bonchev–Trinajstić information content (AvgIpc) is 3.41. The molecular weight excluding hydrogens is 322 g/mol. The molecule has 4 heteroatoms. The zero-order valence-electron chi connectivity index (χ0n) is 16.4. The third-order valence-corrected chi connectivity index (χ3v) is 5.75. The van der Waals surface area contributed by atoms with Crippen LogP contribution in [-0.4, -0.2) is 61.5 Å². The molecule has 0 aromatic heterocycles. The summed E-state index contributed by atoms with van der Waals surface area (Å²) in [5.74, 6) is 0.928. The summed E-state index contributed by atoms with van der Waals surface area (Å²) >= 11 is 0. The van der Waals surface area contributed by atoms with Crippen LogP contribution in [0.3, 0.4) is 0 Å². The van der Waals surface area contributed by atoms with Crippen molar-refractivity contribution in [1.29, 1.82) is 0 Å². The minimum Gasteiger partial charge on any atom is -0.349 e. The van der Waals surface area contributed by atoms with Gasteiger partial charge in [0.25, 0.3) is 0 Å². The summed E-state index contributed by atoms with van der Waals surface area (Å²) in [6, 6.07) is 11.9. The summed E-state index contributed by atoms with van der Waals surface area (Å²) in [5.41, 5.74) is 2.80. The molecule has 1 saturated heterocycles. The quantitative estimate of drug-likeness (QED) is 0.817. The van der Waals surface area contributed by atoms with Gasteiger partial charge in [-0.1, -0.05) is 42.0 Å². The van der Waals surface area contributed by atoms with E-state index >= 15 is 0 Å². The standard InChI is InChI=1S/C22H33N3O/c1-17(15-18-7-5-4-6-8-18)20-16-21(20)23-19-9-12-25(13-10-19)14-11-22(26)24(2)3/h4-8,15,19-21,23H,9-14,16H2,1-3H3/t20?,21-/m0/s1. The lowest BCUT2D eigenvalue weighted by Crippen LogP contribution is -2.44. The third-order valence-electron chi connectivity index (χ3n) is 5.75. The van der Waals surface area contributed by atoms with Crippen molar-refractivity contribution in [2.24, 2.45) is 5.92 Å². The molecule has 1 aliphatic carbocycles. The van der Waals surface area contributed by atoms with Gasteiger partial charge < -0.3 is 15.1 Å². The van der Waals surface area contributed by atoms with Crippen molar-refractivity contribution in [1.82, 2.24) is 15.1 Å². The second-order valence-electron chi connectivity index (χ2n) is 8.07. The van der Waals surface area contributed by atoms with Crippen LogP contribution in [0.1, 0.15) is 38.2 Å². The number of nitrogens with one attached hydrogen (secondary N) is 1. The number of carbonyl (C=O) groups is 1. The molecule has 1 unspecified atom stereocenters. The van der Waals surface area contributed by atoms with E-state index in [4.69, 9.17) is 0 Å². The number of benzene rings is 1. The number of carbonyl (C=O) groups excluding carboxylic acids is 1. The first-order valence-electron chi connectivity index (χ1n) is 9.94. The maximum Gasteiger partial charge on any atom is 0.223 e. The van der Waals surface area contributed by atoms with Gasteiger partial charge in [0, 0.05) is 39.1 Å². The minimum absolute atomic E-state index is 0.228. The minimum atomic E-state index is 0.228. The molecule has 1 saturated carbocycles. The predicted molar refractivity (Wildman–Crippen MR) is 108 cm³/mol. The molecule has 2 fully saturated rings. The Bertz CT molecular complexity index is 618. The lowest BCUT2D eigenvalue weighted by Gasteiger charge is -2.32. The molecule has 1 aliphatic heterocycles. The van der Waals surface area contributed by atoms with Crippen LogP contribution in [0.5, 0.6) is 0 Å². The number of nitrogens with zero attached hydrogens (tertiary/aromatic N) is 2. The average molecular weight is 356 g/mol. The van der Waals surface area contributed by atoms with Gasteiger partial charge in [-0.25, -0.2) is 0 Å². The van der Waals surface area contributed by atoms with E-state index in [1.165, 1.54) is 30.4 Å². The number of hydrogen-bond donors (Lipinski definition) is 1. The van der Waals surface area contributed by atoms with Gasteiger partial charge in [0.15, 0.2) is 0 Å². The number of rotatable bonds is 7. The van der Waals surface area contributed by atoms with Gasteiger partial charge in [-0.15, -0.1) is 0 Å². The van der Waals surface area contributed by atoms with Gasteiger partial charge in [-0.2, -0.15) is 0 Å². The van der Waals surface area contributed by atoms with Crippen LogP contribution < -0.4 is 5.32 Å². The second kappa shape index (κ2) is 8.83. The van der Waals surface area contributed by atoms with Crippen molar-refractivity contribution in [3.05, 3.63) is 41.5 Å². The molecule has 1 amide bonds. The van der Waals surface area contributed by atoms with Crippen molar-refractivity contribution in [2.45, 2.75) is 44.7 Å². The Hall–Kier alpha value is -1.65. The first kappa shape index (κ1) is 19.1. The topological polar surface area (TPSA) is 35.6 Å². The molecule has 142 valence electrons. The second-order valence-corrected chi connectivity index (χ2v) is 8.07. The number of piperidine rings is 1. The molecular formula is C22H33N3O. The fourth-order valence-corrected chi connectivity index (χ4v) is 3.90. The molecule has 1 N–H and O–H groups in total. The molecule has 26 heavy (non-hydrogen) atoms. The SMILES string of the molecule is CC(=Cc1ccccc1)C1C[C@@H]1NC1CCN(CCC(=O)N(C)C)CC1. The van der Waals surface area contributed by atoms with Crippen LogP contribution in [0.15, 0.2) is 35.9 Å². The summed E-state index contributed by atoms with van der Waals surface area (Å²) in [4.78, 5) is 15.8. The van der Waals surface area contributed by atoms with E-state index in [-0.39, 0.29) is 5.91 Å². The Morgan fingerprint density at radius 1 is 1.23 bits per heavy atom. The zero-order chi connectivity index (χ0) is 18.5. The molecule has 2 atom stereocenters. The van der Waals surface area contributed by atoms with Crippen molar-refractivity contribution >= 4 is 12.0 Å². The van der Waals surface area contributed by atoms with E-state index < -0.39 is 0 Å². The van der Waals surface area contributed by atoms with Gasteiger partial charge in [-0.3, -0.25) is 4.79 Å². The summed E-state index contributed by atoms with van der Waals surface area (Å²) in [6.07, 6.45) is 6.63. The fourth-order valence-electron chi connectivity index (χ4n) is 3.90. The molecule has 3 rings (SSSR count). The predicted octanol–water partition coefficient (Wildman–Crippen LogP) is 3.01. The van der Waals surface area contributed by atoms with Crippen LogP contribution in [0.2, 0.25) is 0 Å². The molecule has 0 radical (unpaired) electrons. The van der Waals surface area contributed by atoms with E-state index in [2.05, 4.69) is 53.5 Å². The van der Waals surface area contributed by atoms with E-state index in [9.17, 15) is 4.79 Å². The smallest absolute Gasteiger partial charge is 0.223 e. The Morgan fingerprint density at radius 3 is 2.58 bits per heavy atom.